The van der Waals surface area contributed by atoms with Crippen molar-refractivity contribution in [2.24, 2.45) is 0 Å². The average Bonchev–Trinajstić information content (AvgIpc) is 3.17. The number of fused-ring (bicyclic) bond motifs is 1. The Hall–Kier alpha value is -2.58. The highest BCUT2D eigenvalue weighted by molar-refractivity contribution is 7.89. The fourth-order valence-corrected chi connectivity index (χ4v) is 4.98. The van der Waals surface area contributed by atoms with Gasteiger partial charge in [0, 0.05) is 24.7 Å². The third-order valence-corrected chi connectivity index (χ3v) is 6.80. The van der Waals surface area contributed by atoms with E-state index in [1.54, 1.807) is 42.2 Å². The Morgan fingerprint density at radius 1 is 1.06 bits per heavy atom. The van der Waals surface area contributed by atoms with Crippen molar-refractivity contribution in [1.29, 1.82) is 0 Å². The highest BCUT2D eigenvalue weighted by Crippen LogP contribution is 2.33. The number of ether oxygens (including phenoxy) is 2. The number of anilines is 1. The third kappa shape index (κ3) is 5.02. The summed E-state index contributed by atoms with van der Waals surface area (Å²) in [5.74, 6) is 1.26. The Bertz CT molecular complexity index is 1050. The summed E-state index contributed by atoms with van der Waals surface area (Å²) in [6.07, 6.45) is 1.07. The first-order valence-electron chi connectivity index (χ1n) is 10.7. The number of hydrogen-bond acceptors (Lipinski definition) is 5. The van der Waals surface area contributed by atoms with Crippen molar-refractivity contribution >= 4 is 21.6 Å². The predicted molar refractivity (Wildman–Crippen MR) is 120 cm³/mol. The van der Waals surface area contributed by atoms with Gasteiger partial charge in [0.2, 0.25) is 15.9 Å². The average molecular weight is 447 g/mol. The highest BCUT2D eigenvalue weighted by atomic mass is 32.2. The molecule has 1 aliphatic heterocycles. The summed E-state index contributed by atoms with van der Waals surface area (Å²) in [6.45, 7) is 8.98. The predicted octanol–water partition coefficient (Wildman–Crippen LogP) is 3.82. The maximum Gasteiger partial charge on any atom is 0.241 e. The minimum absolute atomic E-state index is 0.0432. The Labute approximate surface area is 184 Å². The first kappa shape index (κ1) is 23.1. The molecule has 8 heteroatoms. The van der Waals surface area contributed by atoms with Gasteiger partial charge in [-0.05, 0) is 68.7 Å². The molecule has 0 fully saturated rings. The molecule has 0 saturated carbocycles. The minimum Gasteiger partial charge on any atom is -0.490 e. The number of hydrogen-bond donors (Lipinski definition) is 1. The molecule has 1 unspecified atom stereocenters. The summed E-state index contributed by atoms with van der Waals surface area (Å²) in [7, 11) is -3.74. The van der Waals surface area contributed by atoms with Crippen molar-refractivity contribution in [3.63, 3.8) is 0 Å². The fraction of sp³-hybridized carbons (Fsp3) is 0.435. The van der Waals surface area contributed by atoms with E-state index in [1.807, 2.05) is 26.8 Å². The lowest BCUT2D eigenvalue weighted by Gasteiger charge is -2.19. The molecule has 0 spiro atoms. The Morgan fingerprint density at radius 3 is 2.45 bits per heavy atom. The lowest BCUT2D eigenvalue weighted by Crippen LogP contribution is -2.28. The Morgan fingerprint density at radius 2 is 1.77 bits per heavy atom. The van der Waals surface area contributed by atoms with E-state index in [1.165, 1.54) is 0 Å². The fourth-order valence-electron chi connectivity index (χ4n) is 3.70. The molecule has 2 aromatic carbocycles. The quantitative estimate of drug-likeness (QED) is 0.633. The van der Waals surface area contributed by atoms with Gasteiger partial charge in [0.15, 0.2) is 11.5 Å². The summed E-state index contributed by atoms with van der Waals surface area (Å²) in [5, 5.41) is 0. The van der Waals surface area contributed by atoms with Crippen LogP contribution in [-0.4, -0.2) is 34.1 Å². The van der Waals surface area contributed by atoms with E-state index in [9.17, 15) is 13.2 Å². The van der Waals surface area contributed by atoms with E-state index >= 15 is 0 Å². The van der Waals surface area contributed by atoms with Crippen LogP contribution < -0.4 is 19.1 Å². The van der Waals surface area contributed by atoms with Gasteiger partial charge >= 0.3 is 0 Å². The highest BCUT2D eigenvalue weighted by Gasteiger charge is 2.26. The first-order chi connectivity index (χ1) is 14.8. The molecule has 1 heterocycles. The molecule has 168 valence electrons. The molecule has 7 nitrogen and oxygen atoms in total. The summed E-state index contributed by atoms with van der Waals surface area (Å²) < 4.78 is 40.0. The number of sulfonamides is 1. The van der Waals surface area contributed by atoms with Crippen LogP contribution in [0.15, 0.2) is 41.3 Å². The van der Waals surface area contributed by atoms with E-state index in [2.05, 4.69) is 4.72 Å². The molecule has 1 aliphatic rings. The second kappa shape index (κ2) is 9.70. The number of amides is 1. The lowest BCUT2D eigenvalue weighted by atomic mass is 10.1. The van der Waals surface area contributed by atoms with Gasteiger partial charge in [0.25, 0.3) is 0 Å². The summed E-state index contributed by atoms with van der Waals surface area (Å²) in [4.78, 5) is 14.0. The molecule has 1 amide bonds. The summed E-state index contributed by atoms with van der Waals surface area (Å²) in [5.41, 5.74) is 2.44. The van der Waals surface area contributed by atoms with Gasteiger partial charge in [-0.25, -0.2) is 13.1 Å². The largest absolute Gasteiger partial charge is 0.490 e. The summed E-state index contributed by atoms with van der Waals surface area (Å²) in [6, 6.07) is 9.90. The molecule has 1 N–H and O–H groups in total. The Kier molecular flexibility index (Phi) is 7.23. The molecular weight excluding hydrogens is 416 g/mol. The molecule has 1 atom stereocenters. The molecule has 0 aromatic heterocycles. The van der Waals surface area contributed by atoms with E-state index in [0.717, 1.165) is 16.8 Å². The molecular formula is C23H30N2O5S. The number of carbonyl (C=O) groups excluding carboxylic acids is 1. The van der Waals surface area contributed by atoms with Gasteiger partial charge in [0.05, 0.1) is 18.1 Å². The van der Waals surface area contributed by atoms with Crippen LogP contribution >= 0.6 is 0 Å². The van der Waals surface area contributed by atoms with Crippen molar-refractivity contribution < 1.29 is 22.7 Å². The molecule has 0 bridgehead atoms. The van der Waals surface area contributed by atoms with Gasteiger partial charge in [0.1, 0.15) is 0 Å². The van der Waals surface area contributed by atoms with Crippen LogP contribution in [0.2, 0.25) is 0 Å². The normalized spacial score (nSPS) is 14.3. The van der Waals surface area contributed by atoms with Gasteiger partial charge in [-0.3, -0.25) is 4.79 Å². The zero-order valence-electron chi connectivity index (χ0n) is 18.5. The van der Waals surface area contributed by atoms with Crippen molar-refractivity contribution in [1.82, 2.24) is 4.72 Å². The molecule has 31 heavy (non-hydrogen) atoms. The van der Waals surface area contributed by atoms with Gasteiger partial charge in [-0.2, -0.15) is 0 Å². The van der Waals surface area contributed by atoms with Crippen LogP contribution in [0.4, 0.5) is 5.69 Å². The number of nitrogens with one attached hydrogen (secondary N) is 1. The molecule has 0 radical (unpaired) electrons. The van der Waals surface area contributed by atoms with E-state index in [-0.39, 0.29) is 10.8 Å². The van der Waals surface area contributed by atoms with Crippen molar-refractivity contribution in [2.45, 2.75) is 51.5 Å². The van der Waals surface area contributed by atoms with Gasteiger partial charge in [-0.15, -0.1) is 0 Å². The van der Waals surface area contributed by atoms with Crippen LogP contribution in [0.1, 0.15) is 51.3 Å². The van der Waals surface area contributed by atoms with Crippen molar-refractivity contribution in [2.75, 3.05) is 24.7 Å². The molecule has 0 saturated heterocycles. The van der Waals surface area contributed by atoms with Crippen LogP contribution in [-0.2, 0) is 21.2 Å². The topological polar surface area (TPSA) is 84.9 Å². The molecule has 0 aliphatic carbocycles. The second-order valence-corrected chi connectivity index (χ2v) is 9.07. The monoisotopic (exact) mass is 446 g/mol. The van der Waals surface area contributed by atoms with Crippen LogP contribution in [0.5, 0.6) is 11.5 Å². The minimum atomic E-state index is -3.74. The van der Waals surface area contributed by atoms with Crippen molar-refractivity contribution in [3.8, 4) is 11.5 Å². The van der Waals surface area contributed by atoms with Gasteiger partial charge in [-0.1, -0.05) is 13.0 Å². The maximum atomic E-state index is 13.0. The van der Waals surface area contributed by atoms with Crippen LogP contribution in [0.3, 0.4) is 0 Å². The molecule has 2 aromatic rings. The van der Waals surface area contributed by atoms with Crippen LogP contribution in [0, 0.1) is 0 Å². The van der Waals surface area contributed by atoms with E-state index < -0.39 is 16.1 Å². The van der Waals surface area contributed by atoms with Gasteiger partial charge < -0.3 is 14.4 Å². The smallest absolute Gasteiger partial charge is 0.241 e. The zero-order chi connectivity index (χ0) is 22.6. The number of rotatable bonds is 9. The number of carbonyl (C=O) groups is 1. The van der Waals surface area contributed by atoms with E-state index in [4.69, 9.17) is 9.47 Å². The zero-order valence-corrected chi connectivity index (χ0v) is 19.3. The molecule has 3 rings (SSSR count). The lowest BCUT2D eigenvalue weighted by molar-refractivity contribution is -0.118. The first-order valence-corrected chi connectivity index (χ1v) is 12.1. The SMILES string of the molecule is CCOc1ccc(C(C)NS(=O)(=O)c2ccc3c(c2)CCN3C(=O)CC)cc1OCC. The van der Waals surface area contributed by atoms with E-state index in [0.29, 0.717) is 44.1 Å². The van der Waals surface area contributed by atoms with Crippen LogP contribution in [0.25, 0.3) is 0 Å². The third-order valence-electron chi connectivity index (χ3n) is 5.26. The van der Waals surface area contributed by atoms with Crippen molar-refractivity contribution in [3.05, 3.63) is 47.5 Å². The standard InChI is InChI=1S/C23H30N2O5S/c1-5-23(26)25-13-12-18-14-19(9-10-20(18)25)31(27,28)24-16(4)17-8-11-21(29-6-2)22(15-17)30-7-3/h8-11,14-16,24H,5-7,12-13H2,1-4H3. The number of nitrogens with zero attached hydrogens (tertiary/aromatic N) is 1. The second-order valence-electron chi connectivity index (χ2n) is 7.35. The maximum absolute atomic E-state index is 13.0. The number of benzene rings is 2. The summed E-state index contributed by atoms with van der Waals surface area (Å²) >= 11 is 0. The Balaban J connectivity index is 1.81.